The molecule has 0 radical (unpaired) electrons. The Balaban J connectivity index is 1.94. The summed E-state index contributed by atoms with van der Waals surface area (Å²) in [5.74, 6) is -2.16. The van der Waals surface area contributed by atoms with Gasteiger partial charge in [0.25, 0.3) is 5.69 Å². The van der Waals surface area contributed by atoms with Crippen molar-refractivity contribution >= 4 is 23.1 Å². The number of allylic oxidation sites excluding steroid dienone is 2. The first-order valence-electron chi connectivity index (χ1n) is 9.38. The van der Waals surface area contributed by atoms with Gasteiger partial charge in [-0.25, -0.2) is 0 Å². The molecule has 0 aromatic heterocycles. The van der Waals surface area contributed by atoms with Crippen LogP contribution in [0.25, 0.3) is 0 Å². The van der Waals surface area contributed by atoms with Crippen LogP contribution < -0.4 is 5.32 Å². The van der Waals surface area contributed by atoms with Crippen LogP contribution in [0.2, 0.25) is 0 Å². The molecule has 3 rings (SSSR count). The Morgan fingerprint density at radius 1 is 1.24 bits per heavy atom. The number of ether oxygens (including phenoxy) is 1. The summed E-state index contributed by atoms with van der Waals surface area (Å²) in [6.07, 6.45) is 1.81. The Labute approximate surface area is 168 Å². The van der Waals surface area contributed by atoms with Gasteiger partial charge in [-0.05, 0) is 31.4 Å². The van der Waals surface area contributed by atoms with Gasteiger partial charge in [0.1, 0.15) is 5.92 Å². The Kier molecular flexibility index (Phi) is 6.07. The van der Waals surface area contributed by atoms with Crippen LogP contribution in [0.4, 0.5) is 11.4 Å². The quantitative estimate of drug-likeness (QED) is 0.342. The van der Waals surface area contributed by atoms with Crippen LogP contribution in [-0.2, 0) is 14.3 Å². The fourth-order valence-electron chi connectivity index (χ4n) is 3.51. The molecule has 0 fully saturated rings. The molecule has 7 nitrogen and oxygen atoms in total. The van der Waals surface area contributed by atoms with E-state index in [0.29, 0.717) is 17.8 Å². The largest absolute Gasteiger partial charge is 0.465 e. The van der Waals surface area contributed by atoms with Gasteiger partial charge in [-0.2, -0.15) is 0 Å². The minimum Gasteiger partial charge on any atom is -0.465 e. The van der Waals surface area contributed by atoms with Crippen LogP contribution in [-0.4, -0.2) is 23.3 Å². The molecule has 0 amide bonds. The van der Waals surface area contributed by atoms with E-state index in [2.05, 4.69) is 5.32 Å². The number of nitro groups is 1. The van der Waals surface area contributed by atoms with Gasteiger partial charge in [-0.1, -0.05) is 36.4 Å². The van der Waals surface area contributed by atoms with Crippen molar-refractivity contribution in [3.05, 3.63) is 81.5 Å². The summed E-state index contributed by atoms with van der Waals surface area (Å²) < 4.78 is 5.13. The molecule has 0 aliphatic heterocycles. The number of hydrogen-bond acceptors (Lipinski definition) is 6. The highest BCUT2D eigenvalue weighted by Gasteiger charge is 2.39. The van der Waals surface area contributed by atoms with Crippen LogP contribution in [0.5, 0.6) is 0 Å². The number of esters is 1. The summed E-state index contributed by atoms with van der Waals surface area (Å²) in [5, 5.41) is 14.2. The molecule has 1 aliphatic rings. The topological polar surface area (TPSA) is 98.5 Å². The maximum absolute atomic E-state index is 12.8. The Hall–Kier alpha value is -3.48. The van der Waals surface area contributed by atoms with Crippen molar-refractivity contribution in [1.82, 2.24) is 0 Å². The molecule has 0 unspecified atom stereocenters. The first-order chi connectivity index (χ1) is 13.9. The van der Waals surface area contributed by atoms with Gasteiger partial charge < -0.3 is 10.1 Å². The predicted octanol–water partition coefficient (Wildman–Crippen LogP) is 4.13. The molecule has 0 heterocycles. The molecule has 150 valence electrons. The molecule has 29 heavy (non-hydrogen) atoms. The molecule has 1 aliphatic carbocycles. The number of anilines is 1. The van der Waals surface area contributed by atoms with Gasteiger partial charge in [0.2, 0.25) is 0 Å². The van der Waals surface area contributed by atoms with Gasteiger partial charge >= 0.3 is 5.97 Å². The lowest BCUT2D eigenvalue weighted by Crippen LogP contribution is -2.35. The second-order valence-corrected chi connectivity index (χ2v) is 6.90. The number of non-ortho nitro benzene ring substituents is 1. The molecule has 0 saturated carbocycles. The lowest BCUT2D eigenvalue weighted by molar-refractivity contribution is -0.384. The number of benzene rings is 2. The molecule has 7 heteroatoms. The van der Waals surface area contributed by atoms with Crippen LogP contribution in [0.3, 0.4) is 0 Å². The first kappa shape index (κ1) is 20.3. The van der Waals surface area contributed by atoms with Gasteiger partial charge in [0.05, 0.1) is 11.5 Å². The number of ketones is 1. The number of rotatable bonds is 6. The van der Waals surface area contributed by atoms with Crippen LogP contribution >= 0.6 is 0 Å². The van der Waals surface area contributed by atoms with E-state index < -0.39 is 16.8 Å². The van der Waals surface area contributed by atoms with E-state index in [1.165, 1.54) is 18.2 Å². The zero-order valence-corrected chi connectivity index (χ0v) is 16.3. The van der Waals surface area contributed by atoms with E-state index in [1.54, 1.807) is 13.0 Å². The Bertz CT molecular complexity index is 968. The standard InChI is InChI=1S/C22H22N2O5/c1-3-29-22(26)21-18(15-7-5-4-6-8-15)11-16(12-20(21)25)23-19-13-17(24(27)28)10-9-14(19)2/h4-10,12-13,18,21,23H,3,11H2,1-2H3/t18-,21+/m0/s1. The highest BCUT2D eigenvalue weighted by molar-refractivity contribution is 6.07. The fraction of sp³-hybridized carbons (Fsp3) is 0.273. The molecule has 0 spiro atoms. The van der Waals surface area contributed by atoms with E-state index >= 15 is 0 Å². The Morgan fingerprint density at radius 2 is 1.97 bits per heavy atom. The van der Waals surface area contributed by atoms with Crippen molar-refractivity contribution in [3.63, 3.8) is 0 Å². The Morgan fingerprint density at radius 3 is 2.62 bits per heavy atom. The minimum atomic E-state index is -0.908. The van der Waals surface area contributed by atoms with Gasteiger partial charge in [0, 0.05) is 35.5 Å². The molecule has 2 aromatic rings. The maximum Gasteiger partial charge on any atom is 0.317 e. The fourth-order valence-corrected chi connectivity index (χ4v) is 3.51. The van der Waals surface area contributed by atoms with E-state index in [4.69, 9.17) is 4.74 Å². The molecule has 0 saturated heterocycles. The highest BCUT2D eigenvalue weighted by Crippen LogP contribution is 2.37. The molecular formula is C22H22N2O5. The average Bonchev–Trinajstić information content (AvgIpc) is 2.69. The van der Waals surface area contributed by atoms with Gasteiger partial charge in [-0.15, -0.1) is 0 Å². The van der Waals surface area contributed by atoms with Gasteiger partial charge in [-0.3, -0.25) is 19.7 Å². The SMILES string of the molecule is CCOC(=O)[C@H]1C(=O)C=C(Nc2cc([N+](=O)[O-])ccc2C)C[C@H]1c1ccccc1. The number of hydrogen-bond donors (Lipinski definition) is 1. The van der Waals surface area contributed by atoms with Crippen molar-refractivity contribution in [2.24, 2.45) is 5.92 Å². The smallest absolute Gasteiger partial charge is 0.317 e. The summed E-state index contributed by atoms with van der Waals surface area (Å²) in [6, 6.07) is 13.9. The maximum atomic E-state index is 12.8. The highest BCUT2D eigenvalue weighted by atomic mass is 16.6. The third-order valence-corrected chi connectivity index (χ3v) is 4.96. The summed E-state index contributed by atoms with van der Waals surface area (Å²) in [7, 11) is 0. The van der Waals surface area contributed by atoms with E-state index in [1.807, 2.05) is 37.3 Å². The number of nitrogens with one attached hydrogen (secondary N) is 1. The molecule has 1 N–H and O–H groups in total. The summed E-state index contributed by atoms with van der Waals surface area (Å²) >= 11 is 0. The van der Waals surface area contributed by atoms with Crippen molar-refractivity contribution in [2.75, 3.05) is 11.9 Å². The van der Waals surface area contributed by atoms with E-state index in [9.17, 15) is 19.7 Å². The monoisotopic (exact) mass is 394 g/mol. The first-order valence-corrected chi connectivity index (χ1v) is 9.38. The molecular weight excluding hydrogens is 372 g/mol. The lowest BCUT2D eigenvalue weighted by atomic mass is 9.76. The normalized spacial score (nSPS) is 18.7. The van der Waals surface area contributed by atoms with Crippen molar-refractivity contribution in [1.29, 1.82) is 0 Å². The summed E-state index contributed by atoms with van der Waals surface area (Å²) in [6.45, 7) is 3.73. The summed E-state index contributed by atoms with van der Waals surface area (Å²) in [4.78, 5) is 35.9. The second kappa shape index (κ2) is 8.68. The zero-order valence-electron chi connectivity index (χ0n) is 16.3. The van der Waals surface area contributed by atoms with Crippen LogP contribution in [0.1, 0.15) is 30.4 Å². The van der Waals surface area contributed by atoms with E-state index in [0.717, 1.165) is 11.1 Å². The third-order valence-electron chi connectivity index (χ3n) is 4.96. The lowest BCUT2D eigenvalue weighted by Gasteiger charge is -2.30. The number of nitrogens with zero attached hydrogens (tertiary/aromatic N) is 1. The molecule has 2 atom stereocenters. The van der Waals surface area contributed by atoms with Crippen molar-refractivity contribution in [2.45, 2.75) is 26.2 Å². The number of carbonyl (C=O) groups excluding carboxylic acids is 2. The number of carbonyl (C=O) groups is 2. The number of nitro benzene ring substituents is 1. The molecule has 0 bridgehead atoms. The summed E-state index contributed by atoms with van der Waals surface area (Å²) in [5.41, 5.74) is 2.80. The molecule has 2 aromatic carbocycles. The second-order valence-electron chi connectivity index (χ2n) is 6.90. The van der Waals surface area contributed by atoms with E-state index in [-0.39, 0.29) is 24.0 Å². The predicted molar refractivity (Wildman–Crippen MR) is 108 cm³/mol. The minimum absolute atomic E-state index is 0.0372. The van der Waals surface area contributed by atoms with Crippen LogP contribution in [0.15, 0.2) is 60.3 Å². The van der Waals surface area contributed by atoms with Crippen molar-refractivity contribution < 1.29 is 19.2 Å². The van der Waals surface area contributed by atoms with Gasteiger partial charge in [0.15, 0.2) is 5.78 Å². The third kappa shape index (κ3) is 4.51. The van der Waals surface area contributed by atoms with Crippen LogP contribution in [0, 0.1) is 23.0 Å². The zero-order chi connectivity index (χ0) is 21.0. The number of aryl methyl sites for hydroxylation is 1. The average molecular weight is 394 g/mol. The van der Waals surface area contributed by atoms with Crippen molar-refractivity contribution in [3.8, 4) is 0 Å².